The number of rotatable bonds is 4. The molecule has 0 spiro atoms. The summed E-state index contributed by atoms with van der Waals surface area (Å²) in [5.41, 5.74) is 0.957. The van der Waals surface area contributed by atoms with Crippen molar-refractivity contribution in [3.63, 3.8) is 0 Å². The normalized spacial score (nSPS) is 12.0. The van der Waals surface area contributed by atoms with Crippen molar-refractivity contribution >= 4 is 5.91 Å². The smallest absolute Gasteiger partial charge is 0.244 e. The molecule has 1 atom stereocenters. The molecule has 12 heavy (non-hydrogen) atoms. The Balaban J connectivity index is 3.65. The number of nitrogens with one attached hydrogen (secondary N) is 1. The van der Waals surface area contributed by atoms with Gasteiger partial charge in [0.15, 0.2) is 0 Å². The molecule has 3 heteroatoms. The van der Waals surface area contributed by atoms with Crippen LogP contribution < -0.4 is 5.32 Å². The summed E-state index contributed by atoms with van der Waals surface area (Å²) < 4.78 is 0. The van der Waals surface area contributed by atoms with E-state index in [0.717, 1.165) is 5.57 Å². The molecule has 0 aliphatic carbocycles. The molecule has 0 aliphatic heterocycles. The van der Waals surface area contributed by atoms with Gasteiger partial charge in [-0.1, -0.05) is 12.5 Å². The second kappa shape index (κ2) is 5.77. The van der Waals surface area contributed by atoms with Gasteiger partial charge in [-0.05, 0) is 20.3 Å². The molecule has 0 aromatic rings. The molecule has 0 aliphatic rings. The van der Waals surface area contributed by atoms with E-state index in [0.29, 0.717) is 13.0 Å². The van der Waals surface area contributed by atoms with E-state index in [-0.39, 0.29) is 5.91 Å². The highest BCUT2D eigenvalue weighted by atomic mass is 16.3. The van der Waals surface area contributed by atoms with E-state index >= 15 is 0 Å². The molecule has 0 fully saturated rings. The predicted octanol–water partition coefficient (Wildman–Crippen LogP) is 0.840. The van der Waals surface area contributed by atoms with Crippen LogP contribution in [0.1, 0.15) is 27.2 Å². The minimum Gasteiger partial charge on any atom is -0.391 e. The lowest BCUT2D eigenvalue weighted by atomic mass is 10.2. The van der Waals surface area contributed by atoms with Crippen LogP contribution in [0, 0.1) is 0 Å². The minimum absolute atomic E-state index is 0.137. The molecule has 0 saturated heterocycles. The maximum Gasteiger partial charge on any atom is 0.244 e. The lowest BCUT2D eigenvalue weighted by Gasteiger charge is -2.07. The first-order valence-electron chi connectivity index (χ1n) is 4.17. The molecule has 70 valence electrons. The van der Waals surface area contributed by atoms with Gasteiger partial charge < -0.3 is 10.4 Å². The molecule has 0 aromatic carbocycles. The molecule has 3 nitrogen and oxygen atoms in total. The Morgan fingerprint density at radius 3 is 2.58 bits per heavy atom. The zero-order valence-electron chi connectivity index (χ0n) is 7.92. The van der Waals surface area contributed by atoms with E-state index in [2.05, 4.69) is 5.32 Å². The van der Waals surface area contributed by atoms with Crippen LogP contribution in [0.2, 0.25) is 0 Å². The summed E-state index contributed by atoms with van der Waals surface area (Å²) in [6.45, 7) is 5.92. The fourth-order valence-electron chi connectivity index (χ4n) is 0.676. The van der Waals surface area contributed by atoms with Gasteiger partial charge in [0, 0.05) is 12.6 Å². The molecular weight excluding hydrogens is 154 g/mol. The summed E-state index contributed by atoms with van der Waals surface area (Å²) in [6, 6.07) is 0. The molecule has 0 heterocycles. The molecule has 1 unspecified atom stereocenters. The van der Waals surface area contributed by atoms with Crippen molar-refractivity contribution in [3.05, 3.63) is 11.6 Å². The fraction of sp³-hybridized carbons (Fsp3) is 0.667. The van der Waals surface area contributed by atoms with Gasteiger partial charge in [-0.3, -0.25) is 4.79 Å². The Labute approximate surface area is 73.5 Å². The van der Waals surface area contributed by atoms with E-state index in [1.165, 1.54) is 6.08 Å². The summed E-state index contributed by atoms with van der Waals surface area (Å²) in [5, 5.41) is 11.7. The van der Waals surface area contributed by atoms with Crippen LogP contribution in [0.15, 0.2) is 11.6 Å². The summed E-state index contributed by atoms with van der Waals surface area (Å²) in [7, 11) is 0. The van der Waals surface area contributed by atoms with Gasteiger partial charge in [-0.25, -0.2) is 0 Å². The van der Waals surface area contributed by atoms with Gasteiger partial charge >= 0.3 is 0 Å². The van der Waals surface area contributed by atoms with Crippen molar-refractivity contribution < 1.29 is 9.90 Å². The average molecular weight is 171 g/mol. The summed E-state index contributed by atoms with van der Waals surface area (Å²) in [4.78, 5) is 11.0. The first-order valence-corrected chi connectivity index (χ1v) is 4.17. The highest BCUT2D eigenvalue weighted by molar-refractivity contribution is 5.87. The van der Waals surface area contributed by atoms with E-state index in [9.17, 15) is 4.79 Å². The molecular formula is C9H17NO2. The van der Waals surface area contributed by atoms with Crippen LogP contribution >= 0.6 is 0 Å². The number of carbonyl (C=O) groups is 1. The van der Waals surface area contributed by atoms with Crippen LogP contribution in [-0.2, 0) is 4.79 Å². The SMILES string of the molecule is CCC(O)CNC(=O)C=C(C)C. The van der Waals surface area contributed by atoms with Gasteiger partial charge in [0.1, 0.15) is 0 Å². The van der Waals surface area contributed by atoms with Gasteiger partial charge in [-0.15, -0.1) is 0 Å². The number of carbonyl (C=O) groups excluding carboxylic acids is 1. The highest BCUT2D eigenvalue weighted by Crippen LogP contribution is 1.89. The molecule has 1 amide bonds. The Kier molecular flexibility index (Phi) is 5.37. The van der Waals surface area contributed by atoms with E-state index in [1.807, 2.05) is 20.8 Å². The summed E-state index contributed by atoms with van der Waals surface area (Å²) in [6.07, 6.45) is 1.75. The van der Waals surface area contributed by atoms with Gasteiger partial charge in [0.25, 0.3) is 0 Å². The zero-order chi connectivity index (χ0) is 9.56. The van der Waals surface area contributed by atoms with Crippen LogP contribution in [0.25, 0.3) is 0 Å². The Bertz CT molecular complexity index is 171. The number of hydrogen-bond donors (Lipinski definition) is 2. The van der Waals surface area contributed by atoms with Crippen LogP contribution in [0.5, 0.6) is 0 Å². The second-order valence-electron chi connectivity index (χ2n) is 3.03. The first-order chi connectivity index (χ1) is 5.56. The minimum atomic E-state index is -0.431. The lowest BCUT2D eigenvalue weighted by Crippen LogP contribution is -2.30. The molecule has 2 N–H and O–H groups in total. The van der Waals surface area contributed by atoms with Crippen molar-refractivity contribution in [2.75, 3.05) is 6.54 Å². The third-order valence-electron chi connectivity index (χ3n) is 1.40. The number of allylic oxidation sites excluding steroid dienone is 1. The Hall–Kier alpha value is -0.830. The van der Waals surface area contributed by atoms with Crippen molar-refractivity contribution in [3.8, 4) is 0 Å². The first kappa shape index (κ1) is 11.2. The average Bonchev–Trinajstić information content (AvgIpc) is 1.99. The topological polar surface area (TPSA) is 49.3 Å². The molecule has 0 saturated carbocycles. The van der Waals surface area contributed by atoms with Crippen LogP contribution in [0.4, 0.5) is 0 Å². The van der Waals surface area contributed by atoms with Gasteiger partial charge in [-0.2, -0.15) is 0 Å². The number of amides is 1. The van der Waals surface area contributed by atoms with Gasteiger partial charge in [0.2, 0.25) is 5.91 Å². The zero-order valence-corrected chi connectivity index (χ0v) is 7.92. The molecule has 0 bridgehead atoms. The number of aliphatic hydroxyl groups is 1. The van der Waals surface area contributed by atoms with Crippen molar-refractivity contribution in [1.29, 1.82) is 0 Å². The summed E-state index contributed by atoms with van der Waals surface area (Å²) >= 11 is 0. The van der Waals surface area contributed by atoms with E-state index in [1.54, 1.807) is 0 Å². The van der Waals surface area contributed by atoms with E-state index < -0.39 is 6.10 Å². The quantitative estimate of drug-likeness (QED) is 0.616. The summed E-state index contributed by atoms with van der Waals surface area (Å²) in [5.74, 6) is -0.137. The van der Waals surface area contributed by atoms with Crippen LogP contribution in [-0.4, -0.2) is 23.7 Å². The number of aliphatic hydroxyl groups excluding tert-OH is 1. The maximum absolute atomic E-state index is 11.0. The Morgan fingerprint density at radius 2 is 2.17 bits per heavy atom. The maximum atomic E-state index is 11.0. The highest BCUT2D eigenvalue weighted by Gasteiger charge is 2.01. The second-order valence-corrected chi connectivity index (χ2v) is 3.03. The third-order valence-corrected chi connectivity index (χ3v) is 1.40. The molecule has 0 radical (unpaired) electrons. The molecule has 0 rings (SSSR count). The van der Waals surface area contributed by atoms with Crippen molar-refractivity contribution in [2.45, 2.75) is 33.3 Å². The van der Waals surface area contributed by atoms with Gasteiger partial charge in [0.05, 0.1) is 6.10 Å². The van der Waals surface area contributed by atoms with Crippen molar-refractivity contribution in [2.24, 2.45) is 0 Å². The van der Waals surface area contributed by atoms with E-state index in [4.69, 9.17) is 5.11 Å². The number of hydrogen-bond acceptors (Lipinski definition) is 2. The standard InChI is InChI=1S/C9H17NO2/c1-4-8(11)6-10-9(12)5-7(2)3/h5,8,11H,4,6H2,1-3H3,(H,10,12). The predicted molar refractivity (Wildman–Crippen MR) is 48.7 cm³/mol. The Morgan fingerprint density at radius 1 is 1.58 bits per heavy atom. The fourth-order valence-corrected chi connectivity index (χ4v) is 0.676. The molecule has 0 aromatic heterocycles. The third kappa shape index (κ3) is 5.92. The van der Waals surface area contributed by atoms with Crippen molar-refractivity contribution in [1.82, 2.24) is 5.32 Å². The van der Waals surface area contributed by atoms with Crippen LogP contribution in [0.3, 0.4) is 0 Å². The lowest BCUT2D eigenvalue weighted by molar-refractivity contribution is -0.117. The monoisotopic (exact) mass is 171 g/mol. The largest absolute Gasteiger partial charge is 0.391 e.